The fourth-order valence-electron chi connectivity index (χ4n) is 2.06. The molecule has 1 aliphatic rings. The molecule has 0 saturated carbocycles. The standard InChI is InChI=1S/C12H16N4O3/c13-12(19)9-2-1-3-10(14-9)16-6-4-15(5-7-16)8-11(17)18/h1-3H,4-8H2,(H2,13,19)(H,17,18). The molecule has 1 aromatic heterocycles. The molecule has 102 valence electrons. The molecule has 0 atom stereocenters. The summed E-state index contributed by atoms with van der Waals surface area (Å²) in [6, 6.07) is 5.14. The van der Waals surface area contributed by atoms with Crippen molar-refractivity contribution in [1.82, 2.24) is 9.88 Å². The molecule has 19 heavy (non-hydrogen) atoms. The van der Waals surface area contributed by atoms with Gasteiger partial charge in [-0.2, -0.15) is 0 Å². The number of aromatic nitrogens is 1. The highest BCUT2D eigenvalue weighted by Crippen LogP contribution is 2.14. The normalized spacial score (nSPS) is 16.3. The lowest BCUT2D eigenvalue weighted by molar-refractivity contribution is -0.138. The SMILES string of the molecule is NC(=O)c1cccc(N2CCN(CC(=O)O)CC2)n1. The van der Waals surface area contributed by atoms with E-state index in [0.29, 0.717) is 32.0 Å². The third kappa shape index (κ3) is 3.41. The Labute approximate surface area is 110 Å². The molecule has 7 nitrogen and oxygen atoms in total. The highest BCUT2D eigenvalue weighted by Gasteiger charge is 2.19. The van der Waals surface area contributed by atoms with Crippen LogP contribution in [-0.4, -0.2) is 59.6 Å². The first-order chi connectivity index (χ1) is 9.06. The molecule has 0 unspecified atom stereocenters. The maximum absolute atomic E-state index is 11.1. The summed E-state index contributed by atoms with van der Waals surface area (Å²) in [6.07, 6.45) is 0. The van der Waals surface area contributed by atoms with Crippen molar-refractivity contribution >= 4 is 17.7 Å². The van der Waals surface area contributed by atoms with E-state index < -0.39 is 11.9 Å². The molecular formula is C12H16N4O3. The van der Waals surface area contributed by atoms with E-state index in [1.165, 1.54) is 0 Å². The molecule has 0 bridgehead atoms. The van der Waals surface area contributed by atoms with Gasteiger partial charge in [0.05, 0.1) is 6.54 Å². The van der Waals surface area contributed by atoms with Crippen molar-refractivity contribution in [1.29, 1.82) is 0 Å². The van der Waals surface area contributed by atoms with Crippen LogP contribution < -0.4 is 10.6 Å². The van der Waals surface area contributed by atoms with Crippen molar-refractivity contribution < 1.29 is 14.7 Å². The Balaban J connectivity index is 1.99. The largest absolute Gasteiger partial charge is 0.480 e. The van der Waals surface area contributed by atoms with Crippen LogP contribution in [-0.2, 0) is 4.79 Å². The number of primary amides is 1. The number of aliphatic carboxylic acids is 1. The Morgan fingerprint density at radius 3 is 2.53 bits per heavy atom. The maximum Gasteiger partial charge on any atom is 0.317 e. The Morgan fingerprint density at radius 1 is 1.26 bits per heavy atom. The van der Waals surface area contributed by atoms with E-state index in [1.807, 2.05) is 15.9 Å². The quantitative estimate of drug-likeness (QED) is 0.752. The predicted octanol–water partition coefficient (Wildman–Crippen LogP) is -0.613. The monoisotopic (exact) mass is 264 g/mol. The van der Waals surface area contributed by atoms with E-state index in [9.17, 15) is 9.59 Å². The second-order valence-electron chi connectivity index (χ2n) is 4.40. The molecule has 1 saturated heterocycles. The minimum atomic E-state index is -0.817. The van der Waals surface area contributed by atoms with E-state index in [2.05, 4.69) is 4.98 Å². The number of piperazine rings is 1. The third-order valence-corrected chi connectivity index (χ3v) is 3.04. The molecule has 3 N–H and O–H groups in total. The number of nitrogens with zero attached hydrogens (tertiary/aromatic N) is 3. The average molecular weight is 264 g/mol. The number of amides is 1. The Bertz CT molecular complexity index is 484. The van der Waals surface area contributed by atoms with E-state index in [0.717, 1.165) is 0 Å². The van der Waals surface area contributed by atoms with Gasteiger partial charge in [0, 0.05) is 26.2 Å². The fourth-order valence-corrected chi connectivity index (χ4v) is 2.06. The van der Waals surface area contributed by atoms with Gasteiger partial charge in [-0.25, -0.2) is 4.98 Å². The number of hydrogen-bond acceptors (Lipinski definition) is 5. The first kappa shape index (κ1) is 13.3. The number of hydrogen-bond donors (Lipinski definition) is 2. The number of carbonyl (C=O) groups excluding carboxylic acids is 1. The molecule has 1 fully saturated rings. The second kappa shape index (κ2) is 5.66. The zero-order chi connectivity index (χ0) is 13.8. The van der Waals surface area contributed by atoms with Crippen LogP contribution in [0.2, 0.25) is 0 Å². The Hall–Kier alpha value is -2.15. The lowest BCUT2D eigenvalue weighted by Crippen LogP contribution is -2.48. The minimum Gasteiger partial charge on any atom is -0.480 e. The summed E-state index contributed by atoms with van der Waals surface area (Å²) in [5.74, 6) is -0.667. The predicted molar refractivity (Wildman–Crippen MR) is 69.0 cm³/mol. The summed E-state index contributed by atoms with van der Waals surface area (Å²) in [4.78, 5) is 29.8. The van der Waals surface area contributed by atoms with Gasteiger partial charge in [-0.1, -0.05) is 6.07 Å². The van der Waals surface area contributed by atoms with Crippen LogP contribution in [0.25, 0.3) is 0 Å². The maximum atomic E-state index is 11.1. The number of nitrogens with two attached hydrogens (primary N) is 1. The zero-order valence-corrected chi connectivity index (χ0v) is 10.5. The van der Waals surface area contributed by atoms with Gasteiger partial charge in [-0.3, -0.25) is 14.5 Å². The van der Waals surface area contributed by atoms with Crippen molar-refractivity contribution in [3.63, 3.8) is 0 Å². The van der Waals surface area contributed by atoms with E-state index >= 15 is 0 Å². The second-order valence-corrected chi connectivity index (χ2v) is 4.40. The summed E-state index contributed by atoms with van der Waals surface area (Å²) in [6.45, 7) is 2.75. The van der Waals surface area contributed by atoms with Gasteiger partial charge in [0.1, 0.15) is 11.5 Å². The fraction of sp³-hybridized carbons (Fsp3) is 0.417. The minimum absolute atomic E-state index is 0.0581. The van der Waals surface area contributed by atoms with Gasteiger partial charge in [-0.05, 0) is 12.1 Å². The van der Waals surface area contributed by atoms with Crippen LogP contribution in [0, 0.1) is 0 Å². The number of carboxylic acids is 1. The van der Waals surface area contributed by atoms with Crippen LogP contribution >= 0.6 is 0 Å². The van der Waals surface area contributed by atoms with E-state index in [-0.39, 0.29) is 12.2 Å². The zero-order valence-electron chi connectivity index (χ0n) is 10.5. The number of pyridine rings is 1. The lowest BCUT2D eigenvalue weighted by Gasteiger charge is -2.34. The molecule has 1 aromatic rings. The van der Waals surface area contributed by atoms with Gasteiger partial charge in [0.2, 0.25) is 0 Å². The molecule has 0 aliphatic carbocycles. The average Bonchev–Trinajstić information content (AvgIpc) is 2.39. The van der Waals surface area contributed by atoms with Crippen LogP contribution in [0.15, 0.2) is 18.2 Å². The molecule has 2 heterocycles. The van der Waals surface area contributed by atoms with Gasteiger partial charge in [-0.15, -0.1) is 0 Å². The Morgan fingerprint density at radius 2 is 1.95 bits per heavy atom. The van der Waals surface area contributed by atoms with Gasteiger partial charge >= 0.3 is 5.97 Å². The molecular weight excluding hydrogens is 248 g/mol. The molecule has 0 spiro atoms. The van der Waals surface area contributed by atoms with E-state index in [4.69, 9.17) is 10.8 Å². The summed E-state index contributed by atoms with van der Waals surface area (Å²) in [7, 11) is 0. The summed E-state index contributed by atoms with van der Waals surface area (Å²) >= 11 is 0. The molecule has 2 rings (SSSR count). The van der Waals surface area contributed by atoms with Crippen LogP contribution in [0.5, 0.6) is 0 Å². The summed E-state index contributed by atoms with van der Waals surface area (Å²) < 4.78 is 0. The van der Waals surface area contributed by atoms with Crippen molar-refractivity contribution in [2.45, 2.75) is 0 Å². The third-order valence-electron chi connectivity index (χ3n) is 3.04. The van der Waals surface area contributed by atoms with Crippen molar-refractivity contribution in [3.05, 3.63) is 23.9 Å². The van der Waals surface area contributed by atoms with Crippen molar-refractivity contribution in [2.24, 2.45) is 5.73 Å². The first-order valence-electron chi connectivity index (χ1n) is 6.02. The Kier molecular flexibility index (Phi) is 3.96. The van der Waals surface area contributed by atoms with Gasteiger partial charge in [0.25, 0.3) is 5.91 Å². The summed E-state index contributed by atoms with van der Waals surface area (Å²) in [5, 5.41) is 8.73. The number of carbonyl (C=O) groups is 2. The molecule has 1 aliphatic heterocycles. The van der Waals surface area contributed by atoms with Gasteiger partial charge in [0.15, 0.2) is 0 Å². The molecule has 0 radical (unpaired) electrons. The van der Waals surface area contributed by atoms with Crippen LogP contribution in [0.4, 0.5) is 5.82 Å². The van der Waals surface area contributed by atoms with Crippen LogP contribution in [0.3, 0.4) is 0 Å². The van der Waals surface area contributed by atoms with Crippen molar-refractivity contribution in [2.75, 3.05) is 37.6 Å². The lowest BCUT2D eigenvalue weighted by atomic mass is 10.3. The number of anilines is 1. The van der Waals surface area contributed by atoms with Crippen molar-refractivity contribution in [3.8, 4) is 0 Å². The number of rotatable bonds is 4. The van der Waals surface area contributed by atoms with E-state index in [1.54, 1.807) is 12.1 Å². The van der Waals surface area contributed by atoms with Crippen LogP contribution in [0.1, 0.15) is 10.5 Å². The number of carboxylic acid groups (broad SMARTS) is 1. The topological polar surface area (TPSA) is 99.8 Å². The first-order valence-corrected chi connectivity index (χ1v) is 6.02. The molecule has 1 amide bonds. The smallest absolute Gasteiger partial charge is 0.317 e. The summed E-state index contributed by atoms with van der Waals surface area (Å²) in [5.41, 5.74) is 5.44. The van der Waals surface area contributed by atoms with Gasteiger partial charge < -0.3 is 15.7 Å². The molecule has 0 aromatic carbocycles. The highest BCUT2D eigenvalue weighted by atomic mass is 16.4. The highest BCUT2D eigenvalue weighted by molar-refractivity contribution is 5.91. The molecule has 7 heteroatoms.